The minimum absolute atomic E-state index is 0.778. The molecule has 0 aliphatic heterocycles. The average Bonchev–Trinajstić information content (AvgIpc) is 2.33. The predicted molar refractivity (Wildman–Crippen MR) is 66.7 cm³/mol. The molecule has 86 valence electrons. The third-order valence-electron chi connectivity index (χ3n) is 3.90. The smallest absolute Gasteiger partial charge is 0.150 e. The fourth-order valence-electron chi connectivity index (χ4n) is 2.73. The molecule has 0 spiro atoms. The van der Waals surface area contributed by atoms with Gasteiger partial charge in [0.1, 0.15) is 6.29 Å². The van der Waals surface area contributed by atoms with E-state index in [9.17, 15) is 4.79 Å². The van der Waals surface area contributed by atoms with Gasteiger partial charge in [-0.2, -0.15) is 0 Å². The van der Waals surface area contributed by atoms with E-state index in [1.54, 1.807) is 0 Å². The standard InChI is InChI=1S/C15H20O/c1-12-4-2-3-5-15(12)10-13-6-8-14(11-16)9-7-13/h6-9,11-12,15H,2-5,10H2,1H3. The molecule has 2 unspecified atom stereocenters. The van der Waals surface area contributed by atoms with Crippen LogP contribution >= 0.6 is 0 Å². The Balaban J connectivity index is 1.99. The maximum Gasteiger partial charge on any atom is 0.150 e. The quantitative estimate of drug-likeness (QED) is 0.701. The highest BCUT2D eigenvalue weighted by molar-refractivity contribution is 5.74. The first-order chi connectivity index (χ1) is 7.79. The molecule has 1 aromatic rings. The number of rotatable bonds is 3. The summed E-state index contributed by atoms with van der Waals surface area (Å²) in [6.45, 7) is 2.38. The van der Waals surface area contributed by atoms with Crippen molar-refractivity contribution in [3.05, 3.63) is 35.4 Å². The van der Waals surface area contributed by atoms with E-state index in [0.29, 0.717) is 0 Å². The molecule has 1 fully saturated rings. The van der Waals surface area contributed by atoms with Crippen LogP contribution in [0.25, 0.3) is 0 Å². The molecule has 1 aliphatic rings. The van der Waals surface area contributed by atoms with Gasteiger partial charge >= 0.3 is 0 Å². The van der Waals surface area contributed by atoms with E-state index < -0.39 is 0 Å². The Bertz CT molecular complexity index is 339. The SMILES string of the molecule is CC1CCCCC1Cc1ccc(C=O)cc1. The molecule has 0 radical (unpaired) electrons. The largest absolute Gasteiger partial charge is 0.298 e. The van der Waals surface area contributed by atoms with E-state index in [0.717, 1.165) is 23.7 Å². The molecule has 1 nitrogen and oxygen atoms in total. The number of carbonyl (C=O) groups is 1. The molecule has 2 rings (SSSR count). The lowest BCUT2D eigenvalue weighted by Crippen LogP contribution is -2.18. The fourth-order valence-corrected chi connectivity index (χ4v) is 2.73. The van der Waals surface area contributed by atoms with Gasteiger partial charge in [0.15, 0.2) is 0 Å². The molecule has 0 bridgehead atoms. The van der Waals surface area contributed by atoms with E-state index in [4.69, 9.17) is 0 Å². The maximum absolute atomic E-state index is 10.6. The second-order valence-electron chi connectivity index (χ2n) is 5.09. The molecular formula is C15H20O. The van der Waals surface area contributed by atoms with Crippen molar-refractivity contribution in [2.75, 3.05) is 0 Å². The molecule has 1 aliphatic carbocycles. The van der Waals surface area contributed by atoms with Gasteiger partial charge in [-0.25, -0.2) is 0 Å². The number of aldehydes is 1. The summed E-state index contributed by atoms with van der Waals surface area (Å²) < 4.78 is 0. The Morgan fingerprint density at radius 2 is 1.88 bits per heavy atom. The summed E-state index contributed by atoms with van der Waals surface area (Å²) in [5.41, 5.74) is 2.16. The highest BCUT2D eigenvalue weighted by atomic mass is 16.1. The van der Waals surface area contributed by atoms with Crippen LogP contribution in [-0.2, 0) is 6.42 Å². The molecule has 1 saturated carbocycles. The van der Waals surface area contributed by atoms with Crippen molar-refractivity contribution in [2.45, 2.75) is 39.0 Å². The van der Waals surface area contributed by atoms with Gasteiger partial charge in [-0.05, 0) is 30.2 Å². The van der Waals surface area contributed by atoms with Gasteiger partial charge in [0.2, 0.25) is 0 Å². The van der Waals surface area contributed by atoms with Crippen molar-refractivity contribution >= 4 is 6.29 Å². The van der Waals surface area contributed by atoms with Crippen molar-refractivity contribution in [3.8, 4) is 0 Å². The second kappa shape index (κ2) is 5.29. The summed E-state index contributed by atoms with van der Waals surface area (Å²) in [5.74, 6) is 1.70. The van der Waals surface area contributed by atoms with Crippen LogP contribution < -0.4 is 0 Å². The molecule has 0 N–H and O–H groups in total. The first kappa shape index (κ1) is 11.4. The number of hydrogen-bond donors (Lipinski definition) is 0. The van der Waals surface area contributed by atoms with Crippen LogP contribution in [0.3, 0.4) is 0 Å². The average molecular weight is 216 g/mol. The molecule has 0 heterocycles. The van der Waals surface area contributed by atoms with Gasteiger partial charge < -0.3 is 0 Å². The molecule has 0 saturated heterocycles. The number of benzene rings is 1. The van der Waals surface area contributed by atoms with Crippen molar-refractivity contribution in [1.29, 1.82) is 0 Å². The number of carbonyl (C=O) groups excluding carboxylic acids is 1. The monoisotopic (exact) mass is 216 g/mol. The van der Waals surface area contributed by atoms with Crippen LogP contribution in [0.15, 0.2) is 24.3 Å². The van der Waals surface area contributed by atoms with Crippen LogP contribution in [0.2, 0.25) is 0 Å². The van der Waals surface area contributed by atoms with E-state index in [2.05, 4.69) is 19.1 Å². The fraction of sp³-hybridized carbons (Fsp3) is 0.533. The molecule has 2 atom stereocenters. The summed E-state index contributed by atoms with van der Waals surface area (Å²) >= 11 is 0. The highest BCUT2D eigenvalue weighted by Gasteiger charge is 2.21. The molecule has 0 aromatic heterocycles. The lowest BCUT2D eigenvalue weighted by Gasteiger charge is -2.28. The van der Waals surface area contributed by atoms with E-state index in [1.165, 1.54) is 37.7 Å². The minimum Gasteiger partial charge on any atom is -0.298 e. The Hall–Kier alpha value is -1.11. The maximum atomic E-state index is 10.6. The summed E-state index contributed by atoms with van der Waals surface area (Å²) in [7, 11) is 0. The van der Waals surface area contributed by atoms with E-state index >= 15 is 0 Å². The molecule has 1 aromatic carbocycles. The first-order valence-electron chi connectivity index (χ1n) is 6.33. The van der Waals surface area contributed by atoms with E-state index in [-0.39, 0.29) is 0 Å². The van der Waals surface area contributed by atoms with Gasteiger partial charge in [0, 0.05) is 5.56 Å². The zero-order valence-corrected chi connectivity index (χ0v) is 9.99. The molecular weight excluding hydrogens is 196 g/mol. The zero-order chi connectivity index (χ0) is 11.4. The van der Waals surface area contributed by atoms with Gasteiger partial charge in [0.25, 0.3) is 0 Å². The second-order valence-corrected chi connectivity index (χ2v) is 5.09. The Morgan fingerprint density at radius 3 is 2.50 bits per heavy atom. The van der Waals surface area contributed by atoms with E-state index in [1.807, 2.05) is 12.1 Å². The normalized spacial score (nSPS) is 25.3. The molecule has 0 amide bonds. The van der Waals surface area contributed by atoms with Crippen LogP contribution in [0.1, 0.15) is 48.5 Å². The Labute approximate surface area is 97.9 Å². The zero-order valence-electron chi connectivity index (χ0n) is 9.99. The summed E-state index contributed by atoms with van der Waals surface area (Å²) in [6, 6.07) is 8.06. The molecule has 16 heavy (non-hydrogen) atoms. The van der Waals surface area contributed by atoms with Gasteiger partial charge in [-0.15, -0.1) is 0 Å². The van der Waals surface area contributed by atoms with Crippen LogP contribution in [0.4, 0.5) is 0 Å². The van der Waals surface area contributed by atoms with Crippen molar-refractivity contribution in [2.24, 2.45) is 11.8 Å². The molecule has 1 heteroatoms. The van der Waals surface area contributed by atoms with Crippen molar-refractivity contribution < 1.29 is 4.79 Å². The summed E-state index contributed by atoms with van der Waals surface area (Å²) in [6.07, 6.45) is 7.64. The van der Waals surface area contributed by atoms with Crippen molar-refractivity contribution in [1.82, 2.24) is 0 Å². The summed E-state index contributed by atoms with van der Waals surface area (Å²) in [5, 5.41) is 0. The number of hydrogen-bond acceptors (Lipinski definition) is 1. The van der Waals surface area contributed by atoms with Gasteiger partial charge in [-0.3, -0.25) is 4.79 Å². The first-order valence-corrected chi connectivity index (χ1v) is 6.33. The third-order valence-corrected chi connectivity index (χ3v) is 3.90. The van der Waals surface area contributed by atoms with Crippen molar-refractivity contribution in [3.63, 3.8) is 0 Å². The topological polar surface area (TPSA) is 17.1 Å². The lowest BCUT2D eigenvalue weighted by molar-refractivity contribution is 0.112. The van der Waals surface area contributed by atoms with Gasteiger partial charge in [-0.1, -0.05) is 50.5 Å². The highest BCUT2D eigenvalue weighted by Crippen LogP contribution is 2.31. The summed E-state index contributed by atoms with van der Waals surface area (Å²) in [4.78, 5) is 10.6. The Morgan fingerprint density at radius 1 is 1.19 bits per heavy atom. The minimum atomic E-state index is 0.778. The Kier molecular flexibility index (Phi) is 3.76. The lowest BCUT2D eigenvalue weighted by atomic mass is 9.77. The van der Waals surface area contributed by atoms with Gasteiger partial charge in [0.05, 0.1) is 0 Å². The third kappa shape index (κ3) is 2.72. The van der Waals surface area contributed by atoms with Crippen LogP contribution in [0, 0.1) is 11.8 Å². The predicted octanol–water partition coefficient (Wildman–Crippen LogP) is 3.87. The van der Waals surface area contributed by atoms with Crippen LogP contribution in [-0.4, -0.2) is 6.29 Å². The van der Waals surface area contributed by atoms with Crippen LogP contribution in [0.5, 0.6) is 0 Å².